The minimum atomic E-state index is -0.202. The summed E-state index contributed by atoms with van der Waals surface area (Å²) in [5, 5.41) is 5.85. The van der Waals surface area contributed by atoms with Gasteiger partial charge in [0.1, 0.15) is 0 Å². The Bertz CT molecular complexity index is 1210. The number of amides is 2. The largest absolute Gasteiger partial charge is 0.326 e. The molecule has 0 bridgehead atoms. The third-order valence-electron chi connectivity index (χ3n) is 9.90. The molecule has 280 valence electrons. The summed E-state index contributed by atoms with van der Waals surface area (Å²) in [7, 11) is 0. The number of unbranched alkanes of at least 4 members (excludes halogenated alkanes) is 24. The Hall–Kier alpha value is -2.95. The van der Waals surface area contributed by atoms with E-state index in [1.807, 2.05) is 30.3 Å². The molecule has 5 heteroatoms. The minimum Gasteiger partial charge on any atom is -0.326 e. The highest BCUT2D eigenvalue weighted by Gasteiger charge is 2.07. The van der Waals surface area contributed by atoms with Crippen molar-refractivity contribution >= 4 is 23.2 Å². The Kier molecular flexibility index (Phi) is 25.7. The van der Waals surface area contributed by atoms with Crippen molar-refractivity contribution in [3.8, 4) is 11.1 Å². The fourth-order valence-electron chi connectivity index (χ4n) is 6.65. The smallest absolute Gasteiger partial charge is 0.224 e. The molecule has 0 atom stereocenters. The van der Waals surface area contributed by atoms with Crippen LogP contribution in [-0.4, -0.2) is 11.8 Å². The van der Waals surface area contributed by atoms with Crippen LogP contribution < -0.4 is 16.1 Å². The number of carbonyl (C=O) groups excluding carboxylic acids is 2. The Balaban J connectivity index is 1.59. The first-order valence-electron chi connectivity index (χ1n) is 20.9. The topological polar surface area (TPSA) is 75.3 Å². The Labute approximate surface area is 306 Å². The van der Waals surface area contributed by atoms with Gasteiger partial charge in [0, 0.05) is 18.5 Å². The maximum absolute atomic E-state index is 12.7. The van der Waals surface area contributed by atoms with Gasteiger partial charge in [0.25, 0.3) is 0 Å². The van der Waals surface area contributed by atoms with Crippen LogP contribution in [-0.2, 0) is 9.59 Å². The summed E-state index contributed by atoms with van der Waals surface area (Å²) in [4.78, 5) is 37.7. The maximum atomic E-state index is 12.7. The first kappa shape index (κ1) is 43.2. The molecule has 2 aromatic carbocycles. The molecule has 0 heterocycles. The molecule has 2 rings (SSSR count). The van der Waals surface area contributed by atoms with Gasteiger partial charge in [0.15, 0.2) is 0 Å². The van der Waals surface area contributed by atoms with Crippen molar-refractivity contribution in [2.75, 3.05) is 10.6 Å². The summed E-state index contributed by atoms with van der Waals surface area (Å²) in [6.07, 6.45) is 34.3. The van der Waals surface area contributed by atoms with Gasteiger partial charge in [-0.25, -0.2) is 0 Å². The summed E-state index contributed by atoms with van der Waals surface area (Å²) in [6.45, 7) is 4.53. The van der Waals surface area contributed by atoms with Crippen molar-refractivity contribution in [3.05, 3.63) is 58.8 Å². The second-order valence-corrected chi connectivity index (χ2v) is 14.6. The van der Waals surface area contributed by atoms with Gasteiger partial charge >= 0.3 is 0 Å². The van der Waals surface area contributed by atoms with E-state index < -0.39 is 0 Å². The quantitative estimate of drug-likeness (QED) is 0.0774. The van der Waals surface area contributed by atoms with Crippen LogP contribution in [0.4, 0.5) is 11.4 Å². The van der Waals surface area contributed by atoms with E-state index in [0.717, 1.165) is 42.5 Å². The number of hydrogen-bond acceptors (Lipinski definition) is 3. The standard InChI is InChI=1S/C45H72N2O3/c1-3-5-7-9-11-13-15-17-19-21-23-25-27-29-44(49)46-41-35-31-39(32-36-41)40-33-37-42(43(48)38-34-40)47-45(50)30-28-26-24-22-20-18-16-14-12-10-8-6-4-2/h31-38H,3-30H2,1-2H3,(H,46,49)(H,47,48,50). The second kappa shape index (κ2) is 29.7. The van der Waals surface area contributed by atoms with Crippen molar-refractivity contribution in [1.29, 1.82) is 0 Å². The Morgan fingerprint density at radius 2 is 0.720 bits per heavy atom. The van der Waals surface area contributed by atoms with Gasteiger partial charge in [-0.05, 0) is 48.2 Å². The van der Waals surface area contributed by atoms with Gasteiger partial charge in [-0.15, -0.1) is 0 Å². The predicted octanol–water partition coefficient (Wildman–Crippen LogP) is 13.6. The molecule has 0 fully saturated rings. The van der Waals surface area contributed by atoms with Gasteiger partial charge < -0.3 is 10.6 Å². The lowest BCUT2D eigenvalue weighted by atomic mass is 10.0. The van der Waals surface area contributed by atoms with E-state index in [0.29, 0.717) is 18.5 Å². The molecule has 50 heavy (non-hydrogen) atoms. The van der Waals surface area contributed by atoms with E-state index in [-0.39, 0.29) is 17.2 Å². The van der Waals surface area contributed by atoms with Gasteiger partial charge in [-0.1, -0.05) is 192 Å². The molecule has 0 saturated carbocycles. The van der Waals surface area contributed by atoms with Crippen LogP contribution in [0.5, 0.6) is 0 Å². The molecule has 0 aromatic heterocycles. The summed E-state index contributed by atoms with van der Waals surface area (Å²) < 4.78 is 0. The molecular formula is C45H72N2O3. The summed E-state index contributed by atoms with van der Waals surface area (Å²) in [5.74, 6) is -0.0427. The van der Waals surface area contributed by atoms with Gasteiger partial charge in [0.05, 0.1) is 5.69 Å². The van der Waals surface area contributed by atoms with E-state index in [1.54, 1.807) is 12.1 Å². The number of anilines is 2. The zero-order valence-electron chi connectivity index (χ0n) is 32.1. The monoisotopic (exact) mass is 689 g/mol. The zero-order chi connectivity index (χ0) is 35.9. The lowest BCUT2D eigenvalue weighted by Crippen LogP contribution is -2.16. The lowest BCUT2D eigenvalue weighted by Gasteiger charge is -2.07. The minimum absolute atomic E-state index is 0.0575. The third kappa shape index (κ3) is 22.0. The van der Waals surface area contributed by atoms with Gasteiger partial charge in [0.2, 0.25) is 17.2 Å². The van der Waals surface area contributed by atoms with Crippen LogP contribution in [0.2, 0.25) is 0 Å². The predicted molar refractivity (Wildman–Crippen MR) is 216 cm³/mol. The van der Waals surface area contributed by atoms with Crippen LogP contribution >= 0.6 is 0 Å². The van der Waals surface area contributed by atoms with Crippen molar-refractivity contribution in [1.82, 2.24) is 0 Å². The van der Waals surface area contributed by atoms with Crippen LogP contribution in [0, 0.1) is 0 Å². The Morgan fingerprint density at radius 1 is 0.400 bits per heavy atom. The van der Waals surface area contributed by atoms with Crippen molar-refractivity contribution < 1.29 is 9.59 Å². The highest BCUT2D eigenvalue weighted by atomic mass is 16.2. The lowest BCUT2D eigenvalue weighted by molar-refractivity contribution is -0.117. The van der Waals surface area contributed by atoms with E-state index in [4.69, 9.17) is 0 Å². The summed E-state index contributed by atoms with van der Waals surface area (Å²) in [6, 6.07) is 14.6. The number of rotatable bonds is 31. The molecule has 2 aromatic rings. The zero-order valence-corrected chi connectivity index (χ0v) is 32.1. The molecule has 0 aliphatic heterocycles. The van der Waals surface area contributed by atoms with Crippen LogP contribution in [0.1, 0.15) is 194 Å². The van der Waals surface area contributed by atoms with Crippen molar-refractivity contribution in [3.63, 3.8) is 0 Å². The molecule has 0 saturated heterocycles. The third-order valence-corrected chi connectivity index (χ3v) is 9.90. The van der Waals surface area contributed by atoms with Crippen molar-refractivity contribution in [2.24, 2.45) is 0 Å². The molecule has 0 aliphatic rings. The summed E-state index contributed by atoms with van der Waals surface area (Å²) >= 11 is 0. The maximum Gasteiger partial charge on any atom is 0.224 e. The van der Waals surface area contributed by atoms with Crippen LogP contribution in [0.15, 0.2) is 53.3 Å². The number of carbonyl (C=O) groups is 2. The fourth-order valence-corrected chi connectivity index (χ4v) is 6.65. The molecular weight excluding hydrogens is 617 g/mol. The fraction of sp³-hybridized carbons (Fsp3) is 0.667. The molecule has 0 unspecified atom stereocenters. The first-order chi connectivity index (χ1) is 24.5. The molecule has 5 nitrogen and oxygen atoms in total. The molecule has 2 amide bonds. The number of benzene rings is 1. The van der Waals surface area contributed by atoms with Crippen molar-refractivity contribution in [2.45, 2.75) is 194 Å². The first-order valence-corrected chi connectivity index (χ1v) is 20.9. The average Bonchev–Trinajstić information content (AvgIpc) is 3.30. The molecule has 2 N–H and O–H groups in total. The van der Waals surface area contributed by atoms with Gasteiger partial charge in [-0.3, -0.25) is 14.4 Å². The highest BCUT2D eigenvalue weighted by molar-refractivity contribution is 5.91. The summed E-state index contributed by atoms with van der Waals surface area (Å²) in [5.41, 5.74) is 2.71. The van der Waals surface area contributed by atoms with Crippen LogP contribution in [0.3, 0.4) is 0 Å². The van der Waals surface area contributed by atoms with E-state index in [1.165, 1.54) is 147 Å². The highest BCUT2D eigenvalue weighted by Crippen LogP contribution is 2.22. The number of hydrogen-bond donors (Lipinski definition) is 2. The molecule has 0 aliphatic carbocycles. The SMILES string of the molecule is CCCCCCCCCCCCCCCC(=O)Nc1ccc(-c2ccc(NC(=O)CCCCCCCCCCCCCCC)c(=O)cc2)cc1. The number of nitrogens with one attached hydrogen (secondary N) is 2. The Morgan fingerprint density at radius 3 is 1.12 bits per heavy atom. The van der Waals surface area contributed by atoms with E-state index in [2.05, 4.69) is 24.5 Å². The normalized spacial score (nSPS) is 11.1. The van der Waals surface area contributed by atoms with E-state index >= 15 is 0 Å². The van der Waals surface area contributed by atoms with Gasteiger partial charge in [-0.2, -0.15) is 0 Å². The molecule has 0 spiro atoms. The van der Waals surface area contributed by atoms with Crippen LogP contribution in [0.25, 0.3) is 11.1 Å². The average molecular weight is 689 g/mol. The van der Waals surface area contributed by atoms with E-state index in [9.17, 15) is 14.4 Å². The molecule has 0 radical (unpaired) electrons. The second-order valence-electron chi connectivity index (χ2n) is 14.6.